The van der Waals surface area contributed by atoms with Crippen molar-refractivity contribution in [3.05, 3.63) is 35.4 Å². The van der Waals surface area contributed by atoms with E-state index in [1.807, 2.05) is 4.90 Å². The number of likely N-dealkylation sites (tertiary alicyclic amines) is 1. The topological polar surface area (TPSA) is 66.8 Å². The summed E-state index contributed by atoms with van der Waals surface area (Å²) >= 11 is 0. The average molecular weight is 317 g/mol. The molecule has 1 unspecified atom stereocenters. The maximum absolute atomic E-state index is 12.7. The van der Waals surface area contributed by atoms with Gasteiger partial charge in [0.2, 0.25) is 5.91 Å². The van der Waals surface area contributed by atoms with Gasteiger partial charge in [-0.3, -0.25) is 4.79 Å². The monoisotopic (exact) mass is 317 g/mol. The minimum Gasteiger partial charge on any atom is -0.478 e. The van der Waals surface area contributed by atoms with Crippen molar-refractivity contribution in [3.8, 4) is 0 Å². The molecule has 3 rings (SSSR count). The largest absolute Gasteiger partial charge is 0.478 e. The molecular weight excluding hydrogens is 294 g/mol. The number of ether oxygens (including phenoxy) is 1. The fourth-order valence-electron chi connectivity index (χ4n) is 3.73. The highest BCUT2D eigenvalue weighted by atomic mass is 16.5. The molecule has 23 heavy (non-hydrogen) atoms. The molecule has 0 spiro atoms. The molecule has 0 aromatic heterocycles. The zero-order valence-electron chi connectivity index (χ0n) is 13.2. The number of hydrogen-bond donors (Lipinski definition) is 1. The van der Waals surface area contributed by atoms with Crippen molar-refractivity contribution in [1.29, 1.82) is 0 Å². The van der Waals surface area contributed by atoms with Crippen LogP contribution >= 0.6 is 0 Å². The second-order valence-corrected chi connectivity index (χ2v) is 6.43. The molecule has 1 aromatic rings. The summed E-state index contributed by atoms with van der Waals surface area (Å²) in [6.45, 7) is 2.45. The van der Waals surface area contributed by atoms with E-state index in [9.17, 15) is 9.59 Å². The highest BCUT2D eigenvalue weighted by Gasteiger charge is 2.35. The van der Waals surface area contributed by atoms with Crippen molar-refractivity contribution in [1.82, 2.24) is 4.90 Å². The standard InChI is InChI=1S/C18H23NO4/c20-17(12-13-3-5-15(6-4-13)18(21)22)19-9-1-2-16(19)14-7-10-23-11-8-14/h3-6,14,16H,1-2,7-12H2,(H,21,22). The summed E-state index contributed by atoms with van der Waals surface area (Å²) in [6.07, 6.45) is 4.60. The number of aromatic carboxylic acids is 1. The van der Waals surface area contributed by atoms with Crippen LogP contribution in [0.15, 0.2) is 24.3 Å². The molecule has 0 bridgehead atoms. The van der Waals surface area contributed by atoms with Gasteiger partial charge in [-0.2, -0.15) is 0 Å². The minimum absolute atomic E-state index is 0.155. The fraction of sp³-hybridized carbons (Fsp3) is 0.556. The Labute approximate surface area is 136 Å². The Bertz CT molecular complexity index is 563. The lowest BCUT2D eigenvalue weighted by Crippen LogP contribution is -2.42. The maximum Gasteiger partial charge on any atom is 0.335 e. The van der Waals surface area contributed by atoms with E-state index in [4.69, 9.17) is 9.84 Å². The Balaban J connectivity index is 1.63. The van der Waals surface area contributed by atoms with Crippen LogP contribution in [0.2, 0.25) is 0 Å². The molecule has 0 aliphatic carbocycles. The molecule has 2 fully saturated rings. The van der Waals surface area contributed by atoms with Crippen LogP contribution in [0.4, 0.5) is 0 Å². The van der Waals surface area contributed by atoms with Crippen LogP contribution in [0.5, 0.6) is 0 Å². The Morgan fingerprint density at radius 3 is 2.48 bits per heavy atom. The molecule has 0 saturated carbocycles. The van der Waals surface area contributed by atoms with Gasteiger partial charge in [0.15, 0.2) is 0 Å². The smallest absolute Gasteiger partial charge is 0.335 e. The van der Waals surface area contributed by atoms with Crippen molar-refractivity contribution in [2.75, 3.05) is 19.8 Å². The van der Waals surface area contributed by atoms with Crippen molar-refractivity contribution in [2.24, 2.45) is 5.92 Å². The number of carbonyl (C=O) groups is 2. The fourth-order valence-corrected chi connectivity index (χ4v) is 3.73. The van der Waals surface area contributed by atoms with Gasteiger partial charge in [0, 0.05) is 25.8 Å². The zero-order chi connectivity index (χ0) is 16.2. The van der Waals surface area contributed by atoms with Crippen LogP contribution < -0.4 is 0 Å². The van der Waals surface area contributed by atoms with Crippen LogP contribution in [0, 0.1) is 5.92 Å². The molecule has 1 N–H and O–H groups in total. The van der Waals surface area contributed by atoms with Gasteiger partial charge >= 0.3 is 5.97 Å². The third-order valence-electron chi connectivity index (χ3n) is 4.99. The summed E-state index contributed by atoms with van der Waals surface area (Å²) in [5.41, 5.74) is 1.13. The van der Waals surface area contributed by atoms with E-state index in [-0.39, 0.29) is 11.5 Å². The van der Waals surface area contributed by atoms with Gasteiger partial charge in [0.25, 0.3) is 0 Å². The SMILES string of the molecule is O=C(O)c1ccc(CC(=O)N2CCCC2C2CCOCC2)cc1. The van der Waals surface area contributed by atoms with E-state index in [1.54, 1.807) is 24.3 Å². The highest BCUT2D eigenvalue weighted by Crippen LogP contribution is 2.30. The predicted octanol–water partition coefficient (Wildman–Crippen LogP) is 2.34. The lowest BCUT2D eigenvalue weighted by molar-refractivity contribution is -0.132. The average Bonchev–Trinajstić information content (AvgIpc) is 3.06. The van der Waals surface area contributed by atoms with Crippen LogP contribution in [0.25, 0.3) is 0 Å². The molecule has 1 atom stereocenters. The van der Waals surface area contributed by atoms with E-state index in [0.29, 0.717) is 18.4 Å². The maximum atomic E-state index is 12.7. The Hall–Kier alpha value is -1.88. The summed E-state index contributed by atoms with van der Waals surface area (Å²) in [5.74, 6) is -0.228. The van der Waals surface area contributed by atoms with Crippen LogP contribution in [-0.4, -0.2) is 47.7 Å². The first-order valence-electron chi connectivity index (χ1n) is 8.34. The van der Waals surface area contributed by atoms with Crippen molar-refractivity contribution in [2.45, 2.75) is 38.1 Å². The number of carbonyl (C=O) groups excluding carboxylic acids is 1. The molecule has 5 heteroatoms. The summed E-state index contributed by atoms with van der Waals surface area (Å²) in [7, 11) is 0. The first-order chi connectivity index (χ1) is 11.1. The number of carboxylic acid groups (broad SMARTS) is 1. The second kappa shape index (κ2) is 7.13. The minimum atomic E-state index is -0.943. The number of carboxylic acids is 1. The molecule has 0 radical (unpaired) electrons. The lowest BCUT2D eigenvalue weighted by Gasteiger charge is -2.34. The van der Waals surface area contributed by atoms with Gasteiger partial charge in [-0.25, -0.2) is 4.79 Å². The Morgan fingerprint density at radius 1 is 1.13 bits per heavy atom. The molecule has 1 aromatic carbocycles. The highest BCUT2D eigenvalue weighted by molar-refractivity contribution is 5.87. The van der Waals surface area contributed by atoms with E-state index in [1.165, 1.54) is 0 Å². The van der Waals surface area contributed by atoms with E-state index in [2.05, 4.69) is 0 Å². The number of hydrogen-bond acceptors (Lipinski definition) is 3. The normalized spacial score (nSPS) is 22.3. The van der Waals surface area contributed by atoms with Gasteiger partial charge in [0.1, 0.15) is 0 Å². The molecule has 124 valence electrons. The number of amides is 1. The van der Waals surface area contributed by atoms with Crippen molar-refractivity contribution < 1.29 is 19.4 Å². The van der Waals surface area contributed by atoms with Crippen LogP contribution in [0.1, 0.15) is 41.6 Å². The van der Waals surface area contributed by atoms with Gasteiger partial charge in [-0.15, -0.1) is 0 Å². The zero-order valence-corrected chi connectivity index (χ0v) is 13.2. The first kappa shape index (κ1) is 16.0. The van der Waals surface area contributed by atoms with Gasteiger partial charge in [-0.05, 0) is 49.3 Å². The molecule has 2 aliphatic rings. The third-order valence-corrected chi connectivity index (χ3v) is 4.99. The summed E-state index contributed by atoms with van der Waals surface area (Å²) in [6, 6.07) is 6.95. The van der Waals surface area contributed by atoms with Crippen LogP contribution in [-0.2, 0) is 16.0 Å². The summed E-state index contributed by atoms with van der Waals surface area (Å²) in [4.78, 5) is 25.6. The molecule has 2 aliphatic heterocycles. The van der Waals surface area contributed by atoms with Crippen molar-refractivity contribution >= 4 is 11.9 Å². The summed E-state index contributed by atoms with van der Waals surface area (Å²) < 4.78 is 5.43. The molecule has 2 saturated heterocycles. The Morgan fingerprint density at radius 2 is 1.83 bits per heavy atom. The number of nitrogens with zero attached hydrogens (tertiary/aromatic N) is 1. The van der Waals surface area contributed by atoms with Gasteiger partial charge in [0.05, 0.1) is 12.0 Å². The molecule has 2 heterocycles. The van der Waals surface area contributed by atoms with Gasteiger partial charge in [-0.1, -0.05) is 12.1 Å². The van der Waals surface area contributed by atoms with Crippen molar-refractivity contribution in [3.63, 3.8) is 0 Å². The quantitative estimate of drug-likeness (QED) is 0.925. The second-order valence-electron chi connectivity index (χ2n) is 6.43. The van der Waals surface area contributed by atoms with E-state index >= 15 is 0 Å². The van der Waals surface area contributed by atoms with E-state index < -0.39 is 5.97 Å². The number of rotatable bonds is 4. The third kappa shape index (κ3) is 3.72. The van der Waals surface area contributed by atoms with Crippen LogP contribution in [0.3, 0.4) is 0 Å². The number of benzene rings is 1. The first-order valence-corrected chi connectivity index (χ1v) is 8.34. The van der Waals surface area contributed by atoms with E-state index in [0.717, 1.165) is 51.0 Å². The molecule has 5 nitrogen and oxygen atoms in total. The Kier molecular flexibility index (Phi) is 4.96. The van der Waals surface area contributed by atoms with Gasteiger partial charge < -0.3 is 14.7 Å². The lowest BCUT2D eigenvalue weighted by atomic mass is 9.90. The predicted molar refractivity (Wildman–Crippen MR) is 85.4 cm³/mol. The molecular formula is C18H23NO4. The molecule has 1 amide bonds. The summed E-state index contributed by atoms with van der Waals surface area (Å²) in [5, 5.41) is 8.92.